The van der Waals surface area contributed by atoms with Crippen molar-refractivity contribution < 1.29 is 19.5 Å². The summed E-state index contributed by atoms with van der Waals surface area (Å²) in [6, 6.07) is 4.67. The molecule has 1 aromatic carbocycles. The van der Waals surface area contributed by atoms with Gasteiger partial charge in [-0.2, -0.15) is 0 Å². The van der Waals surface area contributed by atoms with Crippen LogP contribution in [0.1, 0.15) is 31.1 Å². The highest BCUT2D eigenvalue weighted by Gasteiger charge is 2.32. The number of halogens is 1. The van der Waals surface area contributed by atoms with Gasteiger partial charge in [-0.3, -0.25) is 24.3 Å². The number of pyridine rings is 1. The molecule has 0 radical (unpaired) electrons. The number of amides is 2. The van der Waals surface area contributed by atoms with Crippen molar-refractivity contribution in [3.05, 3.63) is 56.3 Å². The van der Waals surface area contributed by atoms with Crippen LogP contribution in [0, 0.1) is 0 Å². The van der Waals surface area contributed by atoms with Gasteiger partial charge in [-0.15, -0.1) is 0 Å². The first-order chi connectivity index (χ1) is 10.8. The monoisotopic (exact) mass is 333 g/mol. The summed E-state index contributed by atoms with van der Waals surface area (Å²) < 4.78 is 0.895. The van der Waals surface area contributed by atoms with Gasteiger partial charge in [0, 0.05) is 6.07 Å². The molecule has 1 aliphatic rings. The number of aromatic carboxylic acids is 1. The molecule has 2 amide bonds. The molecule has 9 heteroatoms. The van der Waals surface area contributed by atoms with Crippen molar-refractivity contribution in [3.63, 3.8) is 0 Å². The van der Waals surface area contributed by atoms with Crippen LogP contribution in [0.2, 0.25) is 5.02 Å². The Hall–Kier alpha value is -3.13. The Bertz CT molecular complexity index is 964. The normalized spacial score (nSPS) is 12.9. The number of nitrogens with two attached hydrogens (primary N) is 1. The zero-order valence-electron chi connectivity index (χ0n) is 11.3. The van der Waals surface area contributed by atoms with E-state index in [1.165, 1.54) is 12.1 Å². The minimum absolute atomic E-state index is 0.00372. The predicted molar refractivity (Wildman–Crippen MR) is 80.2 cm³/mol. The van der Waals surface area contributed by atoms with Gasteiger partial charge in [0.25, 0.3) is 17.4 Å². The summed E-state index contributed by atoms with van der Waals surface area (Å²) in [5, 5.41) is 11.1. The Morgan fingerprint density at radius 2 is 1.87 bits per heavy atom. The second-order valence-electron chi connectivity index (χ2n) is 4.75. The average molecular weight is 334 g/mol. The zero-order chi connectivity index (χ0) is 16.9. The van der Waals surface area contributed by atoms with E-state index in [9.17, 15) is 19.2 Å². The quantitative estimate of drug-likeness (QED) is 0.691. The number of anilines is 1. The molecule has 0 spiro atoms. The van der Waals surface area contributed by atoms with Gasteiger partial charge in [0.2, 0.25) is 0 Å². The van der Waals surface area contributed by atoms with Gasteiger partial charge in [-0.05, 0) is 18.2 Å². The third-order valence-electron chi connectivity index (χ3n) is 3.39. The number of nitrogen functional groups attached to an aromatic ring is 1. The average Bonchev–Trinajstić information content (AvgIpc) is 2.75. The molecule has 1 aliphatic heterocycles. The molecule has 0 atom stereocenters. The topological polar surface area (TPSA) is 131 Å². The van der Waals surface area contributed by atoms with Gasteiger partial charge >= 0.3 is 5.97 Å². The van der Waals surface area contributed by atoms with Gasteiger partial charge in [0.05, 0.1) is 27.4 Å². The van der Waals surface area contributed by atoms with E-state index < -0.39 is 23.3 Å². The Balaban J connectivity index is 2.35. The number of nitrogens with one attached hydrogen (secondary N) is 1. The second kappa shape index (κ2) is 4.96. The standard InChI is InChI=1S/C14H8ClN3O5/c15-7-2-1-5(14(22)23)3-8(7)18-9(19)4-6-10(11(18)16)13(21)17-12(6)20/h1-4H,16H2,(H,22,23)(H,17,20,21). The number of hydrogen-bond acceptors (Lipinski definition) is 5. The zero-order valence-corrected chi connectivity index (χ0v) is 12.0. The van der Waals surface area contributed by atoms with Gasteiger partial charge < -0.3 is 10.8 Å². The maximum Gasteiger partial charge on any atom is 0.335 e. The van der Waals surface area contributed by atoms with Crippen LogP contribution in [0.25, 0.3) is 5.69 Å². The van der Waals surface area contributed by atoms with Gasteiger partial charge in [-0.1, -0.05) is 11.6 Å². The fourth-order valence-electron chi connectivity index (χ4n) is 2.34. The number of rotatable bonds is 2. The smallest absolute Gasteiger partial charge is 0.335 e. The molecule has 2 aromatic rings. The van der Waals surface area contributed by atoms with E-state index in [0.29, 0.717) is 0 Å². The number of imide groups is 1. The molecule has 3 rings (SSSR count). The molecule has 116 valence electrons. The Morgan fingerprint density at radius 1 is 1.17 bits per heavy atom. The van der Waals surface area contributed by atoms with Crippen LogP contribution < -0.4 is 16.6 Å². The number of carboxylic acids is 1. The fraction of sp³-hybridized carbons (Fsp3) is 0. The van der Waals surface area contributed by atoms with Crippen LogP contribution in [0.4, 0.5) is 5.82 Å². The number of benzene rings is 1. The SMILES string of the molecule is Nc1c2c(cc(=O)n1-c1cc(C(=O)O)ccc1Cl)C(=O)NC2=O. The molecule has 0 saturated carbocycles. The van der Waals surface area contributed by atoms with Crippen molar-refractivity contribution in [1.82, 2.24) is 9.88 Å². The van der Waals surface area contributed by atoms with Crippen molar-refractivity contribution in [1.29, 1.82) is 0 Å². The number of fused-ring (bicyclic) bond motifs is 1. The molecule has 0 aliphatic carbocycles. The summed E-state index contributed by atoms with van der Waals surface area (Å²) in [5.74, 6) is -2.96. The lowest BCUT2D eigenvalue weighted by Gasteiger charge is -2.13. The fourth-order valence-corrected chi connectivity index (χ4v) is 2.55. The van der Waals surface area contributed by atoms with Crippen LogP contribution >= 0.6 is 11.6 Å². The maximum atomic E-state index is 12.3. The van der Waals surface area contributed by atoms with Crippen LogP contribution in [0.5, 0.6) is 0 Å². The van der Waals surface area contributed by atoms with E-state index >= 15 is 0 Å². The highest BCUT2D eigenvalue weighted by atomic mass is 35.5. The number of nitrogens with zero attached hydrogens (tertiary/aromatic N) is 1. The molecule has 0 unspecified atom stereocenters. The second-order valence-corrected chi connectivity index (χ2v) is 5.15. The summed E-state index contributed by atoms with van der Waals surface area (Å²) in [7, 11) is 0. The van der Waals surface area contributed by atoms with E-state index in [-0.39, 0.29) is 33.2 Å². The first-order valence-corrected chi connectivity index (χ1v) is 6.63. The van der Waals surface area contributed by atoms with Crippen LogP contribution in [-0.4, -0.2) is 27.5 Å². The Morgan fingerprint density at radius 3 is 2.52 bits per heavy atom. The van der Waals surface area contributed by atoms with Crippen molar-refractivity contribution in [2.75, 3.05) is 5.73 Å². The van der Waals surface area contributed by atoms with Crippen LogP contribution in [0.15, 0.2) is 29.1 Å². The molecule has 23 heavy (non-hydrogen) atoms. The first kappa shape index (κ1) is 14.8. The minimum Gasteiger partial charge on any atom is -0.478 e. The Labute approximate surface area is 133 Å². The largest absolute Gasteiger partial charge is 0.478 e. The number of aromatic nitrogens is 1. The molecule has 0 saturated heterocycles. The van der Waals surface area contributed by atoms with E-state index in [1.54, 1.807) is 0 Å². The van der Waals surface area contributed by atoms with E-state index in [4.69, 9.17) is 22.4 Å². The molecule has 2 heterocycles. The highest BCUT2D eigenvalue weighted by Crippen LogP contribution is 2.27. The molecular weight excluding hydrogens is 326 g/mol. The minimum atomic E-state index is -1.22. The molecule has 1 aromatic heterocycles. The summed E-state index contributed by atoms with van der Waals surface area (Å²) in [5.41, 5.74) is 4.76. The van der Waals surface area contributed by atoms with Crippen molar-refractivity contribution in [2.24, 2.45) is 0 Å². The third kappa shape index (κ3) is 2.16. The summed E-state index contributed by atoms with van der Waals surface area (Å²) >= 11 is 6.02. The lowest BCUT2D eigenvalue weighted by molar-refractivity contribution is 0.0696. The van der Waals surface area contributed by atoms with Gasteiger partial charge in [-0.25, -0.2) is 4.79 Å². The van der Waals surface area contributed by atoms with Gasteiger partial charge in [0.15, 0.2) is 0 Å². The summed E-state index contributed by atoms with van der Waals surface area (Å²) in [6.45, 7) is 0. The molecular formula is C14H8ClN3O5. The molecule has 8 nitrogen and oxygen atoms in total. The lowest BCUT2D eigenvalue weighted by atomic mass is 10.1. The summed E-state index contributed by atoms with van der Waals surface area (Å²) in [4.78, 5) is 46.7. The number of carboxylic acid groups (broad SMARTS) is 1. The maximum absolute atomic E-state index is 12.3. The number of carbonyl (C=O) groups excluding carboxylic acids is 2. The van der Waals surface area contributed by atoms with Crippen LogP contribution in [-0.2, 0) is 0 Å². The van der Waals surface area contributed by atoms with E-state index in [0.717, 1.165) is 16.7 Å². The van der Waals surface area contributed by atoms with E-state index in [1.807, 2.05) is 5.32 Å². The number of carbonyl (C=O) groups is 3. The summed E-state index contributed by atoms with van der Waals surface area (Å²) in [6.07, 6.45) is 0. The highest BCUT2D eigenvalue weighted by molar-refractivity contribution is 6.32. The van der Waals surface area contributed by atoms with E-state index in [2.05, 4.69) is 0 Å². The first-order valence-electron chi connectivity index (χ1n) is 6.25. The predicted octanol–water partition coefficient (Wildman–Crippen LogP) is 0.655. The van der Waals surface area contributed by atoms with Crippen molar-refractivity contribution in [2.45, 2.75) is 0 Å². The molecule has 0 fully saturated rings. The van der Waals surface area contributed by atoms with Crippen molar-refractivity contribution in [3.8, 4) is 5.69 Å². The molecule has 0 bridgehead atoms. The third-order valence-corrected chi connectivity index (χ3v) is 3.71. The Kier molecular flexibility index (Phi) is 3.19. The molecule has 4 N–H and O–H groups in total. The van der Waals surface area contributed by atoms with Crippen LogP contribution in [0.3, 0.4) is 0 Å². The lowest BCUT2D eigenvalue weighted by Crippen LogP contribution is -2.24. The number of hydrogen-bond donors (Lipinski definition) is 3. The van der Waals surface area contributed by atoms with Gasteiger partial charge in [0.1, 0.15) is 5.82 Å². The van der Waals surface area contributed by atoms with Crippen molar-refractivity contribution >= 4 is 35.2 Å².